The molecular weight excluding hydrogens is 253 g/mol. The maximum absolute atomic E-state index is 14.5. The molecule has 1 unspecified atom stereocenters. The summed E-state index contributed by atoms with van der Waals surface area (Å²) in [5.74, 6) is -2.82. The Morgan fingerprint density at radius 3 is 2.00 bits per heavy atom. The minimum Gasteiger partial charge on any atom is -0.387 e. The van der Waals surface area contributed by atoms with E-state index in [1.54, 1.807) is 0 Å². The molecule has 0 aliphatic heterocycles. The predicted molar refractivity (Wildman–Crippen MR) is 66.8 cm³/mol. The molecule has 0 heterocycles. The minimum absolute atomic E-state index is 0.0678. The second-order valence-electron chi connectivity index (χ2n) is 7.20. The van der Waals surface area contributed by atoms with Gasteiger partial charge in [-0.1, -0.05) is 19.8 Å². The standard InChI is InChI=1S/C15H23F3O/c1-10-2-4-11(5-3-10)13-6-8-14(19,9-7-13)12(16)15(13,17)18/h10-12,19H,2-9H2,1H3. The third-order valence-corrected chi connectivity index (χ3v) is 6.26. The van der Waals surface area contributed by atoms with Crippen molar-refractivity contribution in [3.05, 3.63) is 0 Å². The lowest BCUT2D eigenvalue weighted by molar-refractivity contribution is -0.306. The lowest BCUT2D eigenvalue weighted by Gasteiger charge is -2.60. The third kappa shape index (κ3) is 1.71. The molecular formula is C15H23F3O. The van der Waals surface area contributed by atoms with Gasteiger partial charge in [0.1, 0.15) is 5.60 Å². The van der Waals surface area contributed by atoms with E-state index in [9.17, 15) is 18.3 Å². The van der Waals surface area contributed by atoms with Crippen molar-refractivity contribution in [3.63, 3.8) is 0 Å². The molecule has 0 saturated heterocycles. The van der Waals surface area contributed by atoms with Crippen LogP contribution in [0.15, 0.2) is 0 Å². The van der Waals surface area contributed by atoms with Crippen LogP contribution in [0.2, 0.25) is 0 Å². The monoisotopic (exact) mass is 276 g/mol. The van der Waals surface area contributed by atoms with E-state index in [1.807, 2.05) is 0 Å². The van der Waals surface area contributed by atoms with Crippen molar-refractivity contribution in [1.29, 1.82) is 0 Å². The quantitative estimate of drug-likeness (QED) is 0.764. The predicted octanol–water partition coefficient (Wildman–Crippen LogP) is 4.09. The van der Waals surface area contributed by atoms with Crippen molar-refractivity contribution in [2.75, 3.05) is 0 Å². The molecule has 4 aliphatic carbocycles. The molecule has 1 atom stereocenters. The SMILES string of the molecule is CC1CCC(C23CCC(O)(CC2)C(F)C3(F)F)CC1. The van der Waals surface area contributed by atoms with Crippen LogP contribution in [-0.4, -0.2) is 22.8 Å². The van der Waals surface area contributed by atoms with E-state index in [0.717, 1.165) is 25.7 Å². The molecule has 0 aromatic heterocycles. The molecule has 0 aromatic rings. The summed E-state index contributed by atoms with van der Waals surface area (Å²) in [6.07, 6.45) is 2.15. The number of rotatable bonds is 1. The van der Waals surface area contributed by atoms with Crippen LogP contribution >= 0.6 is 0 Å². The van der Waals surface area contributed by atoms with Gasteiger partial charge in [-0.05, 0) is 50.4 Å². The van der Waals surface area contributed by atoms with Crippen molar-refractivity contribution in [3.8, 4) is 0 Å². The summed E-state index contributed by atoms with van der Waals surface area (Å²) in [4.78, 5) is 0. The van der Waals surface area contributed by atoms with Gasteiger partial charge in [0.05, 0.1) is 0 Å². The first-order valence-electron chi connectivity index (χ1n) is 7.56. The van der Waals surface area contributed by atoms with Crippen molar-refractivity contribution < 1.29 is 18.3 Å². The molecule has 0 aromatic carbocycles. The lowest BCUT2D eigenvalue weighted by atomic mass is 9.49. The molecule has 4 heteroatoms. The van der Waals surface area contributed by atoms with E-state index in [-0.39, 0.29) is 31.6 Å². The van der Waals surface area contributed by atoms with E-state index in [0.29, 0.717) is 5.92 Å². The molecule has 4 fully saturated rings. The third-order valence-electron chi connectivity index (χ3n) is 6.26. The van der Waals surface area contributed by atoms with E-state index in [1.165, 1.54) is 0 Å². The molecule has 0 radical (unpaired) electrons. The van der Waals surface area contributed by atoms with Crippen LogP contribution in [0.3, 0.4) is 0 Å². The fourth-order valence-corrected chi connectivity index (χ4v) is 4.80. The van der Waals surface area contributed by atoms with Crippen LogP contribution in [-0.2, 0) is 0 Å². The molecule has 110 valence electrons. The second-order valence-corrected chi connectivity index (χ2v) is 7.20. The van der Waals surface area contributed by atoms with Gasteiger partial charge in [-0.3, -0.25) is 0 Å². The topological polar surface area (TPSA) is 20.2 Å². The zero-order valence-electron chi connectivity index (χ0n) is 11.5. The molecule has 2 bridgehead atoms. The van der Waals surface area contributed by atoms with Crippen LogP contribution in [0.1, 0.15) is 58.3 Å². The van der Waals surface area contributed by atoms with Gasteiger partial charge in [0.2, 0.25) is 0 Å². The minimum atomic E-state index is -3.36. The van der Waals surface area contributed by atoms with Gasteiger partial charge in [0.25, 0.3) is 5.92 Å². The highest BCUT2D eigenvalue weighted by molar-refractivity contribution is 5.16. The molecule has 0 spiro atoms. The highest BCUT2D eigenvalue weighted by Gasteiger charge is 2.73. The smallest absolute Gasteiger partial charge is 0.287 e. The number of hydrogen-bond donors (Lipinski definition) is 1. The van der Waals surface area contributed by atoms with Gasteiger partial charge < -0.3 is 5.11 Å². The first kappa shape index (κ1) is 13.7. The number of alkyl halides is 3. The van der Waals surface area contributed by atoms with Gasteiger partial charge in [-0.2, -0.15) is 0 Å². The highest BCUT2D eigenvalue weighted by atomic mass is 19.3. The summed E-state index contributed by atoms with van der Waals surface area (Å²) < 4.78 is 43.2. The Bertz CT molecular complexity index is 352. The van der Waals surface area contributed by atoms with Crippen LogP contribution in [0.25, 0.3) is 0 Å². The summed E-state index contributed by atoms with van der Waals surface area (Å²) >= 11 is 0. The lowest BCUT2D eigenvalue weighted by Crippen LogP contribution is -2.69. The molecule has 19 heavy (non-hydrogen) atoms. The van der Waals surface area contributed by atoms with Crippen LogP contribution in [0.5, 0.6) is 0 Å². The number of aliphatic hydroxyl groups is 1. The summed E-state index contributed by atoms with van der Waals surface area (Å²) in [6, 6.07) is 0. The summed E-state index contributed by atoms with van der Waals surface area (Å²) in [5, 5.41) is 10.0. The molecule has 1 nitrogen and oxygen atoms in total. The number of halogens is 3. The summed E-state index contributed by atoms with van der Waals surface area (Å²) in [6.45, 7) is 2.16. The van der Waals surface area contributed by atoms with Crippen molar-refractivity contribution >= 4 is 0 Å². The molecule has 4 saturated carbocycles. The Hall–Kier alpha value is -0.250. The normalized spacial score (nSPS) is 53.2. The first-order chi connectivity index (χ1) is 8.82. The van der Waals surface area contributed by atoms with Gasteiger partial charge in [-0.15, -0.1) is 0 Å². The zero-order chi connectivity index (χ0) is 13.9. The van der Waals surface area contributed by atoms with E-state index >= 15 is 0 Å². The molecule has 4 rings (SSSR count). The Kier molecular flexibility index (Phi) is 2.98. The van der Waals surface area contributed by atoms with Crippen LogP contribution in [0, 0.1) is 17.3 Å². The molecule has 4 aliphatic rings. The van der Waals surface area contributed by atoms with E-state index < -0.39 is 23.1 Å². The highest BCUT2D eigenvalue weighted by Crippen LogP contribution is 2.66. The molecule has 0 amide bonds. The van der Waals surface area contributed by atoms with Gasteiger partial charge in [-0.25, -0.2) is 13.2 Å². The largest absolute Gasteiger partial charge is 0.387 e. The fourth-order valence-electron chi connectivity index (χ4n) is 4.80. The average molecular weight is 276 g/mol. The summed E-state index contributed by atoms with van der Waals surface area (Å²) in [5.41, 5.74) is -2.95. The number of hydrogen-bond acceptors (Lipinski definition) is 1. The zero-order valence-corrected chi connectivity index (χ0v) is 11.5. The molecule has 1 N–H and O–H groups in total. The van der Waals surface area contributed by atoms with Crippen LogP contribution < -0.4 is 0 Å². The average Bonchev–Trinajstić information content (AvgIpc) is 2.38. The Morgan fingerprint density at radius 1 is 0.947 bits per heavy atom. The van der Waals surface area contributed by atoms with E-state index in [4.69, 9.17) is 0 Å². The maximum Gasteiger partial charge on any atom is 0.287 e. The first-order valence-corrected chi connectivity index (χ1v) is 7.56. The Morgan fingerprint density at radius 2 is 1.47 bits per heavy atom. The van der Waals surface area contributed by atoms with Crippen molar-refractivity contribution in [2.24, 2.45) is 17.3 Å². The van der Waals surface area contributed by atoms with E-state index in [2.05, 4.69) is 6.92 Å². The van der Waals surface area contributed by atoms with Crippen molar-refractivity contribution in [2.45, 2.75) is 76.0 Å². The summed E-state index contributed by atoms with van der Waals surface area (Å²) in [7, 11) is 0. The van der Waals surface area contributed by atoms with Crippen molar-refractivity contribution in [1.82, 2.24) is 0 Å². The Balaban J connectivity index is 1.90. The van der Waals surface area contributed by atoms with Gasteiger partial charge >= 0.3 is 0 Å². The maximum atomic E-state index is 14.5. The van der Waals surface area contributed by atoms with Gasteiger partial charge in [0, 0.05) is 5.41 Å². The number of fused-ring (bicyclic) bond motifs is 3. The fraction of sp³-hybridized carbons (Fsp3) is 1.00. The second kappa shape index (κ2) is 4.12. The Labute approximate surface area is 112 Å². The van der Waals surface area contributed by atoms with Crippen LogP contribution in [0.4, 0.5) is 13.2 Å². The van der Waals surface area contributed by atoms with Gasteiger partial charge in [0.15, 0.2) is 6.17 Å².